The Morgan fingerprint density at radius 3 is 2.08 bits per heavy atom. The predicted octanol–water partition coefficient (Wildman–Crippen LogP) is 2.92. The first-order chi connectivity index (χ1) is 11.6. The van der Waals surface area contributed by atoms with Gasteiger partial charge in [-0.3, -0.25) is 14.3 Å². The summed E-state index contributed by atoms with van der Waals surface area (Å²) >= 11 is 0. The van der Waals surface area contributed by atoms with Gasteiger partial charge in [0, 0.05) is 36.1 Å². The fraction of sp³-hybridized carbons (Fsp3) is 0.0556. The summed E-state index contributed by atoms with van der Waals surface area (Å²) in [6, 6.07) is 17.3. The zero-order chi connectivity index (χ0) is 16.9. The van der Waals surface area contributed by atoms with Crippen LogP contribution in [0.25, 0.3) is 0 Å². The van der Waals surface area contributed by atoms with E-state index < -0.39 is 0 Å². The Morgan fingerprint density at radius 1 is 0.833 bits per heavy atom. The third-order valence-electron chi connectivity index (χ3n) is 3.40. The number of carbonyl (C=O) groups is 2. The second kappa shape index (κ2) is 6.78. The topological polar surface area (TPSA) is 76.0 Å². The van der Waals surface area contributed by atoms with Crippen molar-refractivity contribution < 1.29 is 9.59 Å². The van der Waals surface area contributed by atoms with Gasteiger partial charge in [0.15, 0.2) is 5.82 Å². The molecule has 2 aromatic carbocycles. The number of hydrogen-bond acceptors (Lipinski definition) is 3. The lowest BCUT2D eigenvalue weighted by atomic mass is 10.1. The minimum absolute atomic E-state index is 0.193. The second-order valence-electron chi connectivity index (χ2n) is 5.23. The lowest BCUT2D eigenvalue weighted by molar-refractivity contribution is 0.101. The molecule has 0 saturated heterocycles. The number of rotatable bonds is 4. The van der Waals surface area contributed by atoms with Gasteiger partial charge in [-0.05, 0) is 36.4 Å². The minimum atomic E-state index is -0.255. The fourth-order valence-corrected chi connectivity index (χ4v) is 2.17. The Bertz CT molecular complexity index is 854. The fourth-order valence-electron chi connectivity index (χ4n) is 2.17. The van der Waals surface area contributed by atoms with E-state index in [0.717, 1.165) is 0 Å². The molecule has 0 atom stereocenters. The number of aromatic nitrogens is 2. The molecule has 24 heavy (non-hydrogen) atoms. The van der Waals surface area contributed by atoms with Crippen molar-refractivity contribution in [3.05, 3.63) is 78.0 Å². The van der Waals surface area contributed by atoms with Crippen LogP contribution < -0.4 is 10.6 Å². The van der Waals surface area contributed by atoms with Crippen LogP contribution in [-0.2, 0) is 7.05 Å². The molecule has 2 amide bonds. The molecule has 6 nitrogen and oxygen atoms in total. The summed E-state index contributed by atoms with van der Waals surface area (Å²) in [6.07, 6.45) is 1.75. The summed E-state index contributed by atoms with van der Waals surface area (Å²) in [6.45, 7) is 0. The molecule has 2 N–H and O–H groups in total. The van der Waals surface area contributed by atoms with Crippen molar-refractivity contribution in [1.29, 1.82) is 0 Å². The van der Waals surface area contributed by atoms with E-state index in [1.807, 2.05) is 6.07 Å². The first-order valence-electron chi connectivity index (χ1n) is 7.39. The standard InChI is InChI=1S/C18H16N4O2/c1-22-12-11-16(21-22)20-18(24)14-7-9-15(10-8-14)19-17(23)13-5-3-2-4-6-13/h2-12H,1H3,(H,19,23)(H,20,21,24). The number of nitrogens with zero attached hydrogens (tertiary/aromatic N) is 2. The van der Waals surface area contributed by atoms with Gasteiger partial charge in [-0.2, -0.15) is 5.10 Å². The number of nitrogens with one attached hydrogen (secondary N) is 2. The van der Waals surface area contributed by atoms with Gasteiger partial charge in [-0.25, -0.2) is 0 Å². The summed E-state index contributed by atoms with van der Waals surface area (Å²) in [5.41, 5.74) is 1.69. The molecule has 0 aliphatic heterocycles. The second-order valence-corrected chi connectivity index (χ2v) is 5.23. The van der Waals surface area contributed by atoms with Crippen molar-refractivity contribution in [3.8, 4) is 0 Å². The van der Waals surface area contributed by atoms with Gasteiger partial charge < -0.3 is 10.6 Å². The molecule has 6 heteroatoms. The largest absolute Gasteiger partial charge is 0.322 e. The average Bonchev–Trinajstić information content (AvgIpc) is 3.01. The minimum Gasteiger partial charge on any atom is -0.322 e. The molecule has 0 spiro atoms. The maximum absolute atomic E-state index is 12.1. The number of hydrogen-bond donors (Lipinski definition) is 2. The molecular weight excluding hydrogens is 304 g/mol. The van der Waals surface area contributed by atoms with E-state index in [0.29, 0.717) is 22.6 Å². The molecule has 0 unspecified atom stereocenters. The van der Waals surface area contributed by atoms with Crippen LogP contribution >= 0.6 is 0 Å². The Balaban J connectivity index is 1.64. The number of benzene rings is 2. The zero-order valence-electron chi connectivity index (χ0n) is 13.1. The molecule has 0 aliphatic rings. The van der Waals surface area contributed by atoms with Crippen LogP contribution in [0.4, 0.5) is 11.5 Å². The smallest absolute Gasteiger partial charge is 0.256 e. The third kappa shape index (κ3) is 3.67. The number of aryl methyl sites for hydroxylation is 1. The SMILES string of the molecule is Cn1ccc(NC(=O)c2ccc(NC(=O)c3ccccc3)cc2)n1. The number of amides is 2. The van der Waals surface area contributed by atoms with E-state index in [-0.39, 0.29) is 11.8 Å². The molecule has 3 aromatic rings. The Kier molecular flexibility index (Phi) is 4.38. The van der Waals surface area contributed by atoms with E-state index in [9.17, 15) is 9.59 Å². The average molecular weight is 320 g/mol. The molecule has 0 saturated carbocycles. The van der Waals surface area contributed by atoms with Gasteiger partial charge in [-0.15, -0.1) is 0 Å². The zero-order valence-corrected chi connectivity index (χ0v) is 13.1. The number of anilines is 2. The maximum atomic E-state index is 12.1. The van der Waals surface area contributed by atoms with Crippen LogP contribution in [0.15, 0.2) is 66.9 Å². The van der Waals surface area contributed by atoms with Crippen LogP contribution in [0.5, 0.6) is 0 Å². The Labute approximate surface area is 139 Å². The summed E-state index contributed by atoms with van der Waals surface area (Å²) in [7, 11) is 1.78. The molecule has 1 heterocycles. The van der Waals surface area contributed by atoms with Gasteiger partial charge in [0.1, 0.15) is 0 Å². The van der Waals surface area contributed by atoms with Gasteiger partial charge in [0.05, 0.1) is 0 Å². The van der Waals surface area contributed by atoms with E-state index in [1.165, 1.54) is 0 Å². The number of carbonyl (C=O) groups excluding carboxylic acids is 2. The van der Waals surface area contributed by atoms with Crippen molar-refractivity contribution in [3.63, 3.8) is 0 Å². The highest BCUT2D eigenvalue weighted by atomic mass is 16.2. The molecule has 1 aromatic heterocycles. The lowest BCUT2D eigenvalue weighted by Gasteiger charge is -2.06. The van der Waals surface area contributed by atoms with Gasteiger partial charge in [-0.1, -0.05) is 18.2 Å². The van der Waals surface area contributed by atoms with Crippen molar-refractivity contribution in [1.82, 2.24) is 9.78 Å². The first-order valence-corrected chi connectivity index (χ1v) is 7.39. The molecule has 0 radical (unpaired) electrons. The Hall–Kier alpha value is -3.41. The van der Waals surface area contributed by atoms with Gasteiger partial charge in [0.2, 0.25) is 0 Å². The van der Waals surface area contributed by atoms with E-state index >= 15 is 0 Å². The van der Waals surface area contributed by atoms with Crippen LogP contribution in [0.3, 0.4) is 0 Å². The summed E-state index contributed by atoms with van der Waals surface area (Å²) in [5, 5.41) is 9.59. The summed E-state index contributed by atoms with van der Waals surface area (Å²) < 4.78 is 1.61. The molecule has 120 valence electrons. The monoisotopic (exact) mass is 320 g/mol. The molecular formula is C18H16N4O2. The Morgan fingerprint density at radius 2 is 1.46 bits per heavy atom. The first kappa shape index (κ1) is 15.5. The van der Waals surface area contributed by atoms with Crippen LogP contribution in [0.1, 0.15) is 20.7 Å². The third-order valence-corrected chi connectivity index (χ3v) is 3.40. The van der Waals surface area contributed by atoms with E-state index in [4.69, 9.17) is 0 Å². The highest BCUT2D eigenvalue weighted by molar-refractivity contribution is 6.06. The quantitative estimate of drug-likeness (QED) is 0.776. The molecule has 0 aliphatic carbocycles. The van der Waals surface area contributed by atoms with Crippen LogP contribution in [0, 0.1) is 0 Å². The van der Waals surface area contributed by atoms with Crippen molar-refractivity contribution in [2.24, 2.45) is 7.05 Å². The van der Waals surface area contributed by atoms with E-state index in [2.05, 4.69) is 15.7 Å². The summed E-state index contributed by atoms with van der Waals surface area (Å²) in [4.78, 5) is 24.2. The predicted molar refractivity (Wildman–Crippen MR) is 92.0 cm³/mol. The summed E-state index contributed by atoms with van der Waals surface area (Å²) in [5.74, 6) is 0.0416. The van der Waals surface area contributed by atoms with Crippen molar-refractivity contribution in [2.45, 2.75) is 0 Å². The molecule has 3 rings (SSSR count). The highest BCUT2D eigenvalue weighted by Crippen LogP contribution is 2.13. The van der Waals surface area contributed by atoms with Crippen molar-refractivity contribution >= 4 is 23.3 Å². The maximum Gasteiger partial charge on any atom is 0.256 e. The van der Waals surface area contributed by atoms with Gasteiger partial charge in [0.25, 0.3) is 11.8 Å². The van der Waals surface area contributed by atoms with Crippen molar-refractivity contribution in [2.75, 3.05) is 10.6 Å². The molecule has 0 bridgehead atoms. The van der Waals surface area contributed by atoms with Crippen LogP contribution in [0.2, 0.25) is 0 Å². The molecule has 0 fully saturated rings. The van der Waals surface area contributed by atoms with E-state index in [1.54, 1.807) is 72.5 Å². The highest BCUT2D eigenvalue weighted by Gasteiger charge is 2.09. The van der Waals surface area contributed by atoms with Gasteiger partial charge >= 0.3 is 0 Å². The normalized spacial score (nSPS) is 10.2. The van der Waals surface area contributed by atoms with Crippen LogP contribution in [-0.4, -0.2) is 21.6 Å². The lowest BCUT2D eigenvalue weighted by Crippen LogP contribution is -2.14.